The third-order valence-corrected chi connectivity index (χ3v) is 4.72. The lowest BCUT2D eigenvalue weighted by Gasteiger charge is -2.54. The second-order valence-electron chi connectivity index (χ2n) is 8.53. The van der Waals surface area contributed by atoms with Gasteiger partial charge in [-0.05, 0) is 22.8 Å². The van der Waals surface area contributed by atoms with E-state index in [2.05, 4.69) is 61.1 Å². The molecule has 1 aliphatic rings. The SMILES string of the molecule is C=CC1(C)C=C(C(C)(C)C)C(OC)C(O)(C(C)(C)C)C1. The van der Waals surface area contributed by atoms with Crippen LogP contribution in [0.4, 0.5) is 0 Å². The Morgan fingerprint density at radius 2 is 1.80 bits per heavy atom. The quantitative estimate of drug-likeness (QED) is 0.762. The maximum Gasteiger partial charge on any atom is 0.108 e. The van der Waals surface area contributed by atoms with Gasteiger partial charge in [0.2, 0.25) is 0 Å². The number of allylic oxidation sites excluding steroid dienone is 2. The molecule has 0 radical (unpaired) electrons. The standard InChI is InChI=1S/C18H32O2/c1-10-17(8)11-13(15(2,3)4)14(20-9)18(19,12-17)16(5,6)7/h10-11,14,19H,1,12H2,2-9H3. The molecule has 2 heteroatoms. The largest absolute Gasteiger partial charge is 0.386 e. The lowest BCUT2D eigenvalue weighted by molar-refractivity contribution is -0.164. The van der Waals surface area contributed by atoms with Gasteiger partial charge in [0.05, 0.1) is 0 Å². The molecule has 0 amide bonds. The number of ether oxygens (including phenoxy) is 1. The number of hydrogen-bond donors (Lipinski definition) is 1. The van der Waals surface area contributed by atoms with E-state index < -0.39 is 5.60 Å². The highest BCUT2D eigenvalue weighted by molar-refractivity contribution is 5.32. The minimum Gasteiger partial charge on any atom is -0.386 e. The third kappa shape index (κ3) is 2.87. The Hall–Kier alpha value is -0.600. The second kappa shape index (κ2) is 4.99. The molecule has 1 rings (SSSR count). The van der Waals surface area contributed by atoms with Crippen LogP contribution >= 0.6 is 0 Å². The molecule has 3 atom stereocenters. The zero-order valence-corrected chi connectivity index (χ0v) is 14.5. The molecule has 0 fully saturated rings. The van der Waals surface area contributed by atoms with E-state index in [-0.39, 0.29) is 22.3 Å². The molecule has 0 aromatic carbocycles. The molecule has 2 nitrogen and oxygen atoms in total. The first kappa shape index (κ1) is 17.5. The van der Waals surface area contributed by atoms with Crippen LogP contribution in [0.2, 0.25) is 0 Å². The van der Waals surface area contributed by atoms with Crippen LogP contribution < -0.4 is 0 Å². The molecule has 1 aliphatic carbocycles. The van der Waals surface area contributed by atoms with Crippen molar-refractivity contribution < 1.29 is 9.84 Å². The second-order valence-corrected chi connectivity index (χ2v) is 8.53. The summed E-state index contributed by atoms with van der Waals surface area (Å²) < 4.78 is 5.76. The highest BCUT2D eigenvalue weighted by Gasteiger charge is 2.55. The van der Waals surface area contributed by atoms with Crippen molar-refractivity contribution in [1.82, 2.24) is 0 Å². The minimum atomic E-state index is -0.915. The summed E-state index contributed by atoms with van der Waals surface area (Å²) in [5.74, 6) is 0. The summed E-state index contributed by atoms with van der Waals surface area (Å²) in [5.41, 5.74) is -0.291. The Bertz CT molecular complexity index is 408. The minimum absolute atomic E-state index is 0.0510. The van der Waals surface area contributed by atoms with Gasteiger partial charge < -0.3 is 9.84 Å². The maximum atomic E-state index is 11.5. The van der Waals surface area contributed by atoms with Crippen LogP contribution in [0.15, 0.2) is 24.3 Å². The molecule has 20 heavy (non-hydrogen) atoms. The van der Waals surface area contributed by atoms with Crippen LogP contribution in [0, 0.1) is 16.2 Å². The molecule has 0 aromatic heterocycles. The first-order chi connectivity index (χ1) is 8.81. The van der Waals surface area contributed by atoms with Crippen LogP contribution in [0.25, 0.3) is 0 Å². The molecule has 0 aliphatic heterocycles. The van der Waals surface area contributed by atoms with E-state index in [9.17, 15) is 5.11 Å². The van der Waals surface area contributed by atoms with Gasteiger partial charge in [0.25, 0.3) is 0 Å². The van der Waals surface area contributed by atoms with Gasteiger partial charge in [-0.15, -0.1) is 6.58 Å². The van der Waals surface area contributed by atoms with Crippen LogP contribution in [0.3, 0.4) is 0 Å². The van der Waals surface area contributed by atoms with Crippen molar-refractivity contribution >= 4 is 0 Å². The van der Waals surface area contributed by atoms with Crippen molar-refractivity contribution in [1.29, 1.82) is 0 Å². The summed E-state index contributed by atoms with van der Waals surface area (Å²) in [4.78, 5) is 0. The van der Waals surface area contributed by atoms with Crippen molar-refractivity contribution in [2.24, 2.45) is 16.2 Å². The average molecular weight is 280 g/mol. The molecule has 0 heterocycles. The van der Waals surface area contributed by atoms with Gasteiger partial charge >= 0.3 is 0 Å². The lowest BCUT2D eigenvalue weighted by atomic mass is 9.57. The Labute approximate surface area is 124 Å². The molecule has 0 bridgehead atoms. The molecule has 0 aromatic rings. The van der Waals surface area contributed by atoms with Gasteiger partial charge in [-0.1, -0.05) is 60.6 Å². The maximum absolute atomic E-state index is 11.5. The summed E-state index contributed by atoms with van der Waals surface area (Å²) in [5, 5.41) is 11.5. The van der Waals surface area contributed by atoms with Crippen molar-refractivity contribution in [3.05, 3.63) is 24.3 Å². The molecule has 0 saturated heterocycles. The molecular formula is C18H32O2. The highest BCUT2D eigenvalue weighted by atomic mass is 16.5. The van der Waals surface area contributed by atoms with Gasteiger partial charge in [-0.2, -0.15) is 0 Å². The summed E-state index contributed by atoms with van der Waals surface area (Å²) in [7, 11) is 1.69. The number of aliphatic hydroxyl groups is 1. The fourth-order valence-electron chi connectivity index (χ4n) is 3.13. The van der Waals surface area contributed by atoms with E-state index in [1.54, 1.807) is 7.11 Å². The smallest absolute Gasteiger partial charge is 0.108 e. The van der Waals surface area contributed by atoms with E-state index in [1.807, 2.05) is 6.08 Å². The Kier molecular flexibility index (Phi) is 4.36. The van der Waals surface area contributed by atoms with Gasteiger partial charge in [-0.3, -0.25) is 0 Å². The molecular weight excluding hydrogens is 248 g/mol. The van der Waals surface area contributed by atoms with E-state index in [0.29, 0.717) is 6.42 Å². The predicted molar refractivity (Wildman–Crippen MR) is 85.7 cm³/mol. The van der Waals surface area contributed by atoms with Crippen molar-refractivity contribution in [3.8, 4) is 0 Å². The number of hydrogen-bond acceptors (Lipinski definition) is 2. The van der Waals surface area contributed by atoms with Gasteiger partial charge in [0, 0.05) is 12.5 Å². The fourth-order valence-corrected chi connectivity index (χ4v) is 3.13. The van der Waals surface area contributed by atoms with Gasteiger partial charge in [-0.25, -0.2) is 0 Å². The highest BCUT2D eigenvalue weighted by Crippen LogP contribution is 2.52. The van der Waals surface area contributed by atoms with E-state index in [1.165, 1.54) is 0 Å². The summed E-state index contributed by atoms with van der Waals surface area (Å²) in [6.07, 6.45) is 4.54. The zero-order chi connectivity index (χ0) is 16.0. The zero-order valence-electron chi connectivity index (χ0n) is 14.5. The molecule has 0 spiro atoms. The van der Waals surface area contributed by atoms with Crippen LogP contribution in [0.5, 0.6) is 0 Å². The molecule has 116 valence electrons. The first-order valence-corrected chi connectivity index (χ1v) is 7.43. The van der Waals surface area contributed by atoms with E-state index in [4.69, 9.17) is 4.74 Å². The average Bonchev–Trinajstić information content (AvgIpc) is 2.25. The number of rotatable bonds is 2. The van der Waals surface area contributed by atoms with Crippen LogP contribution in [-0.2, 0) is 4.74 Å². The molecule has 3 unspecified atom stereocenters. The van der Waals surface area contributed by atoms with E-state index >= 15 is 0 Å². The van der Waals surface area contributed by atoms with Gasteiger partial charge in [0.15, 0.2) is 0 Å². The fraction of sp³-hybridized carbons (Fsp3) is 0.778. The summed E-state index contributed by atoms with van der Waals surface area (Å²) in [6, 6.07) is 0. The third-order valence-electron chi connectivity index (χ3n) is 4.72. The summed E-state index contributed by atoms with van der Waals surface area (Å²) in [6.45, 7) is 18.8. The van der Waals surface area contributed by atoms with Crippen LogP contribution in [0.1, 0.15) is 54.9 Å². The first-order valence-electron chi connectivity index (χ1n) is 7.43. The number of methoxy groups -OCH3 is 1. The Morgan fingerprint density at radius 1 is 1.30 bits per heavy atom. The topological polar surface area (TPSA) is 29.5 Å². The van der Waals surface area contributed by atoms with E-state index in [0.717, 1.165) is 5.57 Å². The van der Waals surface area contributed by atoms with Gasteiger partial charge in [0.1, 0.15) is 11.7 Å². The van der Waals surface area contributed by atoms with Crippen molar-refractivity contribution in [2.75, 3.05) is 7.11 Å². The normalized spacial score (nSPS) is 35.6. The Morgan fingerprint density at radius 3 is 2.10 bits per heavy atom. The monoisotopic (exact) mass is 280 g/mol. The van der Waals surface area contributed by atoms with Crippen molar-refractivity contribution in [3.63, 3.8) is 0 Å². The molecule has 1 N–H and O–H groups in total. The predicted octanol–water partition coefficient (Wildman–Crippen LogP) is 4.35. The lowest BCUT2D eigenvalue weighted by Crippen LogP contribution is -2.59. The van der Waals surface area contributed by atoms with Crippen LogP contribution in [-0.4, -0.2) is 23.9 Å². The summed E-state index contributed by atoms with van der Waals surface area (Å²) >= 11 is 0. The molecule has 0 saturated carbocycles. The van der Waals surface area contributed by atoms with Crippen molar-refractivity contribution in [2.45, 2.75) is 66.6 Å². The Balaban J connectivity index is 3.54.